The van der Waals surface area contributed by atoms with Gasteiger partial charge in [0, 0.05) is 6.54 Å². The monoisotopic (exact) mass is 285 g/mol. The van der Waals surface area contributed by atoms with Gasteiger partial charge in [-0.05, 0) is 25.0 Å². The Morgan fingerprint density at radius 3 is 2.45 bits per heavy atom. The van der Waals surface area contributed by atoms with Crippen LogP contribution in [-0.2, 0) is 0 Å². The minimum absolute atomic E-state index is 0.111. The Labute approximate surface area is 117 Å². The summed E-state index contributed by atoms with van der Waals surface area (Å²) in [7, 11) is 0. The molecule has 3 nitrogen and oxygen atoms in total. The molecular weight excluding hydrogens is 264 g/mol. The molecule has 0 heterocycles. The van der Waals surface area contributed by atoms with Crippen molar-refractivity contribution >= 4 is 5.69 Å². The molecule has 0 radical (unpaired) electrons. The molecule has 0 spiro atoms. The summed E-state index contributed by atoms with van der Waals surface area (Å²) in [6.45, 7) is -2.49. The summed E-state index contributed by atoms with van der Waals surface area (Å²) in [6, 6.07) is 6.56. The van der Waals surface area contributed by atoms with Crippen molar-refractivity contribution < 1.29 is 18.6 Å². The molecule has 5 heteroatoms. The normalized spacial score (nSPS) is 18.6. The molecule has 2 rings (SSSR count). The van der Waals surface area contributed by atoms with Crippen LogP contribution in [0.1, 0.15) is 38.5 Å². The van der Waals surface area contributed by atoms with E-state index in [2.05, 4.69) is 10.1 Å². The maximum atomic E-state index is 12.3. The predicted octanol–water partition coefficient (Wildman–Crippen LogP) is 3.79. The van der Waals surface area contributed by atoms with Crippen molar-refractivity contribution in [2.75, 3.05) is 11.9 Å². The Balaban J connectivity index is 1.99. The average molecular weight is 285 g/mol. The number of nitrogens with one attached hydrogen (secondary N) is 1. The highest BCUT2D eigenvalue weighted by molar-refractivity contribution is 5.56. The van der Waals surface area contributed by atoms with Gasteiger partial charge in [0.05, 0.1) is 11.3 Å². The van der Waals surface area contributed by atoms with Gasteiger partial charge in [-0.15, -0.1) is 0 Å². The minimum Gasteiger partial charge on any atom is -0.433 e. The predicted molar refractivity (Wildman–Crippen MR) is 74.2 cm³/mol. The molecule has 1 saturated carbocycles. The third-order valence-electron chi connectivity index (χ3n) is 3.75. The van der Waals surface area contributed by atoms with Gasteiger partial charge in [-0.1, -0.05) is 37.8 Å². The number of anilines is 1. The standard InChI is InChI=1S/C15H21F2NO2/c16-14(17)20-13-8-4-3-7-12(13)18-11-15(19)9-5-1-2-6-10-15/h3-4,7-8,14,18-19H,1-2,5-6,9-11H2. The summed E-state index contributed by atoms with van der Waals surface area (Å²) < 4.78 is 29.1. The second-order valence-corrected chi connectivity index (χ2v) is 5.37. The first-order valence-electron chi connectivity index (χ1n) is 7.09. The number of hydrogen-bond acceptors (Lipinski definition) is 3. The van der Waals surface area contributed by atoms with E-state index >= 15 is 0 Å². The van der Waals surface area contributed by atoms with E-state index in [1.165, 1.54) is 6.07 Å². The van der Waals surface area contributed by atoms with Gasteiger partial charge in [0.2, 0.25) is 0 Å². The zero-order valence-electron chi connectivity index (χ0n) is 11.4. The zero-order valence-corrected chi connectivity index (χ0v) is 11.4. The van der Waals surface area contributed by atoms with E-state index < -0.39 is 12.2 Å². The lowest BCUT2D eigenvalue weighted by Crippen LogP contribution is -2.36. The summed E-state index contributed by atoms with van der Waals surface area (Å²) in [5.74, 6) is 0.111. The SMILES string of the molecule is OC1(CNc2ccccc2OC(F)F)CCCCCC1. The largest absolute Gasteiger partial charge is 0.433 e. The first-order valence-corrected chi connectivity index (χ1v) is 7.09. The molecule has 112 valence electrons. The second-order valence-electron chi connectivity index (χ2n) is 5.37. The van der Waals surface area contributed by atoms with Gasteiger partial charge >= 0.3 is 6.61 Å². The Kier molecular flexibility index (Phi) is 5.17. The molecule has 2 N–H and O–H groups in total. The maximum Gasteiger partial charge on any atom is 0.387 e. The van der Waals surface area contributed by atoms with E-state index in [0.29, 0.717) is 12.2 Å². The van der Waals surface area contributed by atoms with Gasteiger partial charge in [-0.2, -0.15) is 8.78 Å². The molecule has 1 fully saturated rings. The second kappa shape index (κ2) is 6.88. The Hall–Kier alpha value is -1.36. The fraction of sp³-hybridized carbons (Fsp3) is 0.600. The molecular formula is C15H21F2NO2. The van der Waals surface area contributed by atoms with Crippen molar-refractivity contribution in [2.24, 2.45) is 0 Å². The van der Waals surface area contributed by atoms with Gasteiger partial charge in [0.15, 0.2) is 0 Å². The number of benzene rings is 1. The van der Waals surface area contributed by atoms with Crippen molar-refractivity contribution in [3.8, 4) is 5.75 Å². The van der Waals surface area contributed by atoms with Crippen molar-refractivity contribution in [3.05, 3.63) is 24.3 Å². The molecule has 1 aliphatic rings. The van der Waals surface area contributed by atoms with Crippen LogP contribution in [0.2, 0.25) is 0 Å². The van der Waals surface area contributed by atoms with Gasteiger partial charge in [-0.3, -0.25) is 0 Å². The molecule has 0 bridgehead atoms. The summed E-state index contributed by atoms with van der Waals surface area (Å²) in [6.07, 6.45) is 5.80. The van der Waals surface area contributed by atoms with Crippen LogP contribution in [0, 0.1) is 0 Å². The molecule has 0 amide bonds. The fourth-order valence-electron chi connectivity index (χ4n) is 2.63. The Morgan fingerprint density at radius 2 is 1.80 bits per heavy atom. The van der Waals surface area contributed by atoms with Crippen LogP contribution in [0.15, 0.2) is 24.3 Å². The average Bonchev–Trinajstić information content (AvgIpc) is 2.63. The number of para-hydroxylation sites is 2. The fourth-order valence-corrected chi connectivity index (χ4v) is 2.63. The number of ether oxygens (including phenoxy) is 1. The van der Waals surface area contributed by atoms with Crippen LogP contribution in [0.25, 0.3) is 0 Å². The van der Waals surface area contributed by atoms with E-state index in [-0.39, 0.29) is 5.75 Å². The molecule has 20 heavy (non-hydrogen) atoms. The van der Waals surface area contributed by atoms with E-state index in [1.54, 1.807) is 18.2 Å². The third kappa shape index (κ3) is 4.34. The molecule has 1 aliphatic carbocycles. The van der Waals surface area contributed by atoms with Gasteiger partial charge < -0.3 is 15.2 Å². The van der Waals surface area contributed by atoms with E-state index in [9.17, 15) is 13.9 Å². The first-order chi connectivity index (χ1) is 9.59. The summed E-state index contributed by atoms with van der Waals surface area (Å²) in [4.78, 5) is 0. The van der Waals surface area contributed by atoms with Gasteiger partial charge in [0.1, 0.15) is 5.75 Å². The molecule has 1 aromatic carbocycles. The van der Waals surface area contributed by atoms with Gasteiger partial charge in [-0.25, -0.2) is 0 Å². The molecule has 1 aromatic rings. The van der Waals surface area contributed by atoms with Crippen LogP contribution >= 0.6 is 0 Å². The highest BCUT2D eigenvalue weighted by Crippen LogP contribution is 2.30. The molecule has 0 aliphatic heterocycles. The van der Waals surface area contributed by atoms with Crippen LogP contribution in [0.4, 0.5) is 14.5 Å². The zero-order chi connectivity index (χ0) is 14.4. The lowest BCUT2D eigenvalue weighted by molar-refractivity contribution is -0.0494. The smallest absolute Gasteiger partial charge is 0.387 e. The lowest BCUT2D eigenvalue weighted by atomic mass is 9.94. The summed E-state index contributed by atoms with van der Waals surface area (Å²) in [5.41, 5.74) is -0.264. The maximum absolute atomic E-state index is 12.3. The highest BCUT2D eigenvalue weighted by atomic mass is 19.3. The molecule has 0 atom stereocenters. The number of hydrogen-bond donors (Lipinski definition) is 2. The van der Waals surface area contributed by atoms with Gasteiger partial charge in [0.25, 0.3) is 0 Å². The van der Waals surface area contributed by atoms with Crippen molar-refractivity contribution in [1.29, 1.82) is 0 Å². The lowest BCUT2D eigenvalue weighted by Gasteiger charge is -2.27. The summed E-state index contributed by atoms with van der Waals surface area (Å²) in [5, 5.41) is 13.6. The van der Waals surface area contributed by atoms with Crippen molar-refractivity contribution in [1.82, 2.24) is 0 Å². The minimum atomic E-state index is -2.85. The molecule has 0 aromatic heterocycles. The molecule has 0 unspecified atom stereocenters. The van der Waals surface area contributed by atoms with E-state index in [1.807, 2.05) is 0 Å². The van der Waals surface area contributed by atoms with Crippen LogP contribution < -0.4 is 10.1 Å². The number of aliphatic hydroxyl groups is 1. The molecule has 0 saturated heterocycles. The van der Waals surface area contributed by atoms with Crippen LogP contribution in [-0.4, -0.2) is 23.9 Å². The van der Waals surface area contributed by atoms with Crippen molar-refractivity contribution in [3.63, 3.8) is 0 Å². The quantitative estimate of drug-likeness (QED) is 0.809. The highest BCUT2D eigenvalue weighted by Gasteiger charge is 2.27. The third-order valence-corrected chi connectivity index (χ3v) is 3.75. The van der Waals surface area contributed by atoms with Crippen LogP contribution in [0.5, 0.6) is 5.75 Å². The Bertz CT molecular complexity index is 418. The Morgan fingerprint density at radius 1 is 1.15 bits per heavy atom. The van der Waals surface area contributed by atoms with Crippen molar-refractivity contribution in [2.45, 2.75) is 50.7 Å². The number of halogens is 2. The van der Waals surface area contributed by atoms with Crippen LogP contribution in [0.3, 0.4) is 0 Å². The first kappa shape index (κ1) is 15.0. The summed E-state index contributed by atoms with van der Waals surface area (Å²) >= 11 is 0. The topological polar surface area (TPSA) is 41.5 Å². The number of alkyl halides is 2. The van der Waals surface area contributed by atoms with E-state index in [4.69, 9.17) is 0 Å². The number of rotatable bonds is 5. The van der Waals surface area contributed by atoms with E-state index in [0.717, 1.165) is 38.5 Å².